The van der Waals surface area contributed by atoms with Gasteiger partial charge < -0.3 is 10.2 Å². The van der Waals surface area contributed by atoms with Crippen molar-refractivity contribution in [2.45, 2.75) is 12.8 Å². The number of pyridine rings is 1. The Hall–Kier alpha value is -4.03. The number of rotatable bonds is 5. The molecule has 3 heterocycles. The summed E-state index contributed by atoms with van der Waals surface area (Å²) in [4.78, 5) is 8.99. The first-order valence-electron chi connectivity index (χ1n) is 10.9. The van der Waals surface area contributed by atoms with Crippen LogP contribution in [0, 0.1) is 5.82 Å². The first-order chi connectivity index (χ1) is 16.2. The van der Waals surface area contributed by atoms with Gasteiger partial charge in [-0.1, -0.05) is 30.3 Å². The molecule has 6 rings (SSSR count). The number of hydrogen-bond donors (Lipinski definition) is 1. The summed E-state index contributed by atoms with van der Waals surface area (Å²) in [5.74, 6) is 0.117. The van der Waals surface area contributed by atoms with E-state index >= 15 is 4.39 Å². The molecule has 5 nitrogen and oxygen atoms in total. The van der Waals surface area contributed by atoms with Crippen molar-refractivity contribution in [3.8, 4) is 17.0 Å². The summed E-state index contributed by atoms with van der Waals surface area (Å²) in [6.07, 6.45) is 5.38. The van der Waals surface area contributed by atoms with E-state index in [9.17, 15) is 0 Å². The van der Waals surface area contributed by atoms with Crippen LogP contribution < -0.4 is 5.73 Å². The Labute approximate surface area is 189 Å². The molecule has 162 valence electrons. The first kappa shape index (κ1) is 19.6. The molecule has 6 aromatic rings. The molecule has 0 aliphatic rings. The Kier molecular flexibility index (Phi) is 4.66. The van der Waals surface area contributed by atoms with Crippen molar-refractivity contribution in [3.63, 3.8) is 0 Å². The number of furan rings is 1. The molecule has 0 aliphatic heterocycles. The minimum Gasteiger partial charge on any atom is -0.456 e. The third-order valence-electron chi connectivity index (χ3n) is 6.04. The average molecular weight is 436 g/mol. The maximum Gasteiger partial charge on any atom is 0.138 e. The van der Waals surface area contributed by atoms with Crippen molar-refractivity contribution in [3.05, 3.63) is 90.6 Å². The molecule has 0 bridgehead atoms. The van der Waals surface area contributed by atoms with Gasteiger partial charge >= 0.3 is 0 Å². The van der Waals surface area contributed by atoms with Crippen LogP contribution in [0.4, 0.5) is 4.39 Å². The molecule has 0 aliphatic carbocycles. The summed E-state index contributed by atoms with van der Waals surface area (Å²) in [5.41, 5.74) is 11.2. The van der Waals surface area contributed by atoms with Crippen LogP contribution in [0.2, 0.25) is 0 Å². The third kappa shape index (κ3) is 3.36. The SMILES string of the molecule is NCCCc1ccc(-n2cnc3cnc4cc(F)c(-c5cc6ccccc6o5)cc4c32)cc1. The molecule has 0 fully saturated rings. The maximum atomic E-state index is 15.1. The second kappa shape index (κ2) is 7.83. The Bertz CT molecular complexity index is 1580. The molecule has 0 spiro atoms. The lowest BCUT2D eigenvalue weighted by atomic mass is 10.1. The van der Waals surface area contributed by atoms with Crippen molar-refractivity contribution in [1.29, 1.82) is 0 Å². The quantitative estimate of drug-likeness (QED) is 0.359. The van der Waals surface area contributed by atoms with Gasteiger partial charge in [0.05, 0.1) is 22.8 Å². The third-order valence-corrected chi connectivity index (χ3v) is 6.04. The average Bonchev–Trinajstić information content (AvgIpc) is 3.47. The van der Waals surface area contributed by atoms with E-state index in [0.717, 1.165) is 45.9 Å². The van der Waals surface area contributed by atoms with E-state index in [0.29, 0.717) is 23.4 Å². The second-order valence-electron chi connectivity index (χ2n) is 8.16. The fourth-order valence-electron chi connectivity index (χ4n) is 4.34. The van der Waals surface area contributed by atoms with Gasteiger partial charge in [0.15, 0.2) is 0 Å². The van der Waals surface area contributed by atoms with E-state index in [1.165, 1.54) is 11.6 Å². The van der Waals surface area contributed by atoms with E-state index in [1.807, 2.05) is 41.0 Å². The van der Waals surface area contributed by atoms with Crippen LogP contribution in [0.1, 0.15) is 12.0 Å². The summed E-state index contributed by atoms with van der Waals surface area (Å²) >= 11 is 0. The predicted molar refractivity (Wildman–Crippen MR) is 129 cm³/mol. The molecule has 0 saturated carbocycles. The Morgan fingerprint density at radius 1 is 0.939 bits per heavy atom. The number of hydrogen-bond acceptors (Lipinski definition) is 4. The fourth-order valence-corrected chi connectivity index (χ4v) is 4.34. The topological polar surface area (TPSA) is 69.9 Å². The Morgan fingerprint density at radius 2 is 1.79 bits per heavy atom. The van der Waals surface area contributed by atoms with Crippen LogP contribution in [0.25, 0.3) is 49.9 Å². The Balaban J connectivity index is 1.53. The molecule has 0 unspecified atom stereocenters. The number of benzene rings is 3. The molecule has 3 aromatic heterocycles. The van der Waals surface area contributed by atoms with Crippen LogP contribution in [-0.4, -0.2) is 21.1 Å². The summed E-state index contributed by atoms with van der Waals surface area (Å²) < 4.78 is 23.1. The first-order valence-corrected chi connectivity index (χ1v) is 10.9. The van der Waals surface area contributed by atoms with Crippen LogP contribution in [0.15, 0.2) is 83.7 Å². The van der Waals surface area contributed by atoms with Gasteiger partial charge in [-0.05, 0) is 55.3 Å². The molecule has 0 saturated heterocycles. The zero-order valence-corrected chi connectivity index (χ0v) is 17.8. The molecule has 3 aromatic carbocycles. The highest BCUT2D eigenvalue weighted by molar-refractivity contribution is 6.04. The van der Waals surface area contributed by atoms with Crippen molar-refractivity contribution in [2.24, 2.45) is 5.73 Å². The van der Waals surface area contributed by atoms with Crippen LogP contribution in [-0.2, 0) is 6.42 Å². The lowest BCUT2D eigenvalue weighted by molar-refractivity contribution is 0.602. The van der Waals surface area contributed by atoms with E-state index in [-0.39, 0.29) is 5.82 Å². The van der Waals surface area contributed by atoms with Gasteiger partial charge in [0.1, 0.15) is 29.0 Å². The van der Waals surface area contributed by atoms with Gasteiger partial charge in [-0.2, -0.15) is 0 Å². The molecule has 2 N–H and O–H groups in total. The highest BCUT2D eigenvalue weighted by atomic mass is 19.1. The monoisotopic (exact) mass is 436 g/mol. The highest BCUT2D eigenvalue weighted by Gasteiger charge is 2.16. The van der Waals surface area contributed by atoms with Gasteiger partial charge in [-0.3, -0.25) is 9.55 Å². The lowest BCUT2D eigenvalue weighted by Crippen LogP contribution is -2.00. The van der Waals surface area contributed by atoms with E-state index < -0.39 is 0 Å². The van der Waals surface area contributed by atoms with Crippen LogP contribution >= 0.6 is 0 Å². The summed E-state index contributed by atoms with van der Waals surface area (Å²) in [7, 11) is 0. The van der Waals surface area contributed by atoms with E-state index in [2.05, 4.69) is 34.2 Å². The minimum atomic E-state index is -0.372. The van der Waals surface area contributed by atoms with Gasteiger partial charge in [-0.25, -0.2) is 9.37 Å². The minimum absolute atomic E-state index is 0.372. The number of nitrogens with zero attached hydrogens (tertiary/aromatic N) is 3. The molecule has 0 atom stereocenters. The number of imidazole rings is 1. The van der Waals surface area contributed by atoms with Crippen molar-refractivity contribution in [2.75, 3.05) is 6.54 Å². The summed E-state index contributed by atoms with van der Waals surface area (Å²) in [6, 6.07) is 21.2. The normalized spacial score (nSPS) is 11.7. The molecule has 6 heteroatoms. The maximum absolute atomic E-state index is 15.1. The number of aryl methyl sites for hydroxylation is 1. The van der Waals surface area contributed by atoms with Gasteiger partial charge in [-0.15, -0.1) is 0 Å². The number of fused-ring (bicyclic) bond motifs is 4. The molecule has 0 amide bonds. The predicted octanol–water partition coefficient (Wildman–Crippen LogP) is 6.02. The largest absolute Gasteiger partial charge is 0.456 e. The smallest absolute Gasteiger partial charge is 0.138 e. The van der Waals surface area contributed by atoms with Gasteiger partial charge in [0.2, 0.25) is 0 Å². The standard InChI is InChI=1S/C27H21FN4O/c28-22-14-23-21(13-20(22)26-12-18-5-1-2-6-25(18)33-26)27-24(15-30-23)31-16-32(27)19-9-7-17(8-10-19)4-3-11-29/h1-2,5-10,12-16H,3-4,11,29H2. The zero-order chi connectivity index (χ0) is 22.4. The lowest BCUT2D eigenvalue weighted by Gasteiger charge is -2.09. The molecular formula is C27H21FN4O. The van der Waals surface area contributed by atoms with Crippen LogP contribution in [0.5, 0.6) is 0 Å². The molecule has 33 heavy (non-hydrogen) atoms. The number of aromatic nitrogens is 3. The number of para-hydroxylation sites is 1. The van der Waals surface area contributed by atoms with E-state index in [1.54, 1.807) is 12.5 Å². The van der Waals surface area contributed by atoms with Crippen molar-refractivity contribution < 1.29 is 8.81 Å². The molecular weight excluding hydrogens is 415 g/mol. The second-order valence-corrected chi connectivity index (χ2v) is 8.16. The van der Waals surface area contributed by atoms with Crippen LogP contribution in [0.3, 0.4) is 0 Å². The van der Waals surface area contributed by atoms with E-state index in [4.69, 9.17) is 10.2 Å². The van der Waals surface area contributed by atoms with Gasteiger partial charge in [0.25, 0.3) is 0 Å². The van der Waals surface area contributed by atoms with Gasteiger partial charge in [0, 0.05) is 22.5 Å². The number of halogens is 1. The zero-order valence-electron chi connectivity index (χ0n) is 17.8. The fraction of sp³-hybridized carbons (Fsp3) is 0.111. The highest BCUT2D eigenvalue weighted by Crippen LogP contribution is 2.34. The van der Waals surface area contributed by atoms with Crippen molar-refractivity contribution >= 4 is 32.9 Å². The van der Waals surface area contributed by atoms with Crippen molar-refractivity contribution in [1.82, 2.24) is 14.5 Å². The Morgan fingerprint density at radius 3 is 2.61 bits per heavy atom. The molecule has 0 radical (unpaired) electrons. The number of nitrogens with two attached hydrogens (primary N) is 1. The summed E-state index contributed by atoms with van der Waals surface area (Å²) in [5, 5.41) is 1.75. The summed E-state index contributed by atoms with van der Waals surface area (Å²) in [6.45, 7) is 0.678.